The summed E-state index contributed by atoms with van der Waals surface area (Å²) in [5, 5.41) is 3.28. The number of hydrogen-bond acceptors (Lipinski definition) is 9. The zero-order chi connectivity index (χ0) is 15.4. The van der Waals surface area contributed by atoms with Crippen molar-refractivity contribution >= 4 is 17.8 Å². The van der Waals surface area contributed by atoms with Crippen LogP contribution in [0.25, 0.3) is 0 Å². The molecule has 1 unspecified atom stereocenters. The lowest BCUT2D eigenvalue weighted by atomic mass is 10.2. The van der Waals surface area contributed by atoms with Crippen molar-refractivity contribution in [3.05, 3.63) is 0 Å². The minimum atomic E-state index is 0.352. The molecule has 1 aromatic heterocycles. The number of nitrogen functional groups attached to an aromatic ring is 1. The molecule has 1 aromatic rings. The quantitative estimate of drug-likeness (QED) is 0.461. The molecule has 1 atom stereocenters. The van der Waals surface area contributed by atoms with Crippen LogP contribution in [-0.4, -0.2) is 85.2 Å². The number of hydrazine groups is 1. The highest BCUT2D eigenvalue weighted by molar-refractivity contribution is 5.42. The molecule has 9 heteroatoms. The Balaban J connectivity index is 2.03. The van der Waals surface area contributed by atoms with Crippen LogP contribution in [0.1, 0.15) is 0 Å². The van der Waals surface area contributed by atoms with Crippen molar-refractivity contribution in [3.8, 4) is 0 Å². The molecule has 1 saturated heterocycles. The first-order valence-corrected chi connectivity index (χ1v) is 7.02. The number of nitrogens with zero attached hydrogens (tertiary/aromatic N) is 6. The fraction of sp³-hybridized carbons (Fsp3) is 0.750. The molecule has 1 aliphatic rings. The number of aromatic nitrogens is 3. The highest BCUT2D eigenvalue weighted by Crippen LogP contribution is 2.12. The molecule has 0 aromatic carbocycles. The second-order valence-corrected chi connectivity index (χ2v) is 5.60. The number of nitrogens with two attached hydrogens (primary N) is 1. The third-order valence-corrected chi connectivity index (χ3v) is 3.63. The number of hydrogen-bond donors (Lipinski definition) is 3. The monoisotopic (exact) mass is 295 g/mol. The number of piperazine rings is 1. The molecule has 1 aliphatic heterocycles. The van der Waals surface area contributed by atoms with Crippen LogP contribution >= 0.6 is 0 Å². The third-order valence-electron chi connectivity index (χ3n) is 3.63. The Bertz CT molecular complexity index is 464. The molecule has 0 bridgehead atoms. The molecule has 0 amide bonds. The standard InChI is InChI=1S/C12H25N9/c1-19(2)12-16-10(15-11(17-12)18-13)14-7-9-8-20(3)5-6-21(9)4/h9H,5-8,13H2,1-4H3,(H2,14,15,16,17,18). The Morgan fingerprint density at radius 3 is 2.57 bits per heavy atom. The molecular weight excluding hydrogens is 270 g/mol. The zero-order valence-electron chi connectivity index (χ0n) is 13.2. The average molecular weight is 295 g/mol. The van der Waals surface area contributed by atoms with Crippen molar-refractivity contribution < 1.29 is 0 Å². The van der Waals surface area contributed by atoms with Gasteiger partial charge in [-0.2, -0.15) is 15.0 Å². The predicted octanol–water partition coefficient (Wildman–Crippen LogP) is -1.12. The molecule has 21 heavy (non-hydrogen) atoms. The van der Waals surface area contributed by atoms with E-state index in [1.165, 1.54) is 0 Å². The van der Waals surface area contributed by atoms with Crippen molar-refractivity contribution in [3.63, 3.8) is 0 Å². The minimum Gasteiger partial charge on any atom is -0.352 e. The Labute approximate surface area is 125 Å². The highest BCUT2D eigenvalue weighted by atomic mass is 15.4. The van der Waals surface area contributed by atoms with E-state index in [0.29, 0.717) is 23.9 Å². The summed E-state index contributed by atoms with van der Waals surface area (Å²) in [6, 6.07) is 0.428. The van der Waals surface area contributed by atoms with Gasteiger partial charge in [-0.25, -0.2) is 5.84 Å². The Morgan fingerprint density at radius 1 is 1.19 bits per heavy atom. The predicted molar refractivity (Wildman–Crippen MR) is 84.4 cm³/mol. The van der Waals surface area contributed by atoms with E-state index in [4.69, 9.17) is 5.84 Å². The van der Waals surface area contributed by atoms with E-state index in [0.717, 1.165) is 26.2 Å². The van der Waals surface area contributed by atoms with Crippen molar-refractivity contribution in [1.29, 1.82) is 0 Å². The highest BCUT2D eigenvalue weighted by Gasteiger charge is 2.22. The van der Waals surface area contributed by atoms with Crippen LogP contribution in [0.15, 0.2) is 0 Å². The summed E-state index contributed by atoms with van der Waals surface area (Å²) in [5.41, 5.74) is 2.47. The second kappa shape index (κ2) is 6.83. The lowest BCUT2D eigenvalue weighted by molar-refractivity contribution is 0.121. The topological polar surface area (TPSA) is 98.5 Å². The van der Waals surface area contributed by atoms with Gasteiger partial charge in [-0.05, 0) is 14.1 Å². The van der Waals surface area contributed by atoms with Gasteiger partial charge in [0.05, 0.1) is 0 Å². The van der Waals surface area contributed by atoms with Crippen LogP contribution in [-0.2, 0) is 0 Å². The van der Waals surface area contributed by atoms with Gasteiger partial charge in [-0.1, -0.05) is 0 Å². The van der Waals surface area contributed by atoms with Gasteiger partial charge < -0.3 is 15.1 Å². The number of anilines is 3. The van der Waals surface area contributed by atoms with Crippen LogP contribution in [0.2, 0.25) is 0 Å². The maximum atomic E-state index is 5.40. The van der Waals surface area contributed by atoms with E-state index < -0.39 is 0 Å². The van der Waals surface area contributed by atoms with Gasteiger partial charge >= 0.3 is 0 Å². The van der Waals surface area contributed by atoms with Crippen LogP contribution in [0.5, 0.6) is 0 Å². The first-order valence-electron chi connectivity index (χ1n) is 7.02. The van der Waals surface area contributed by atoms with E-state index in [9.17, 15) is 0 Å². The number of nitrogens with one attached hydrogen (secondary N) is 2. The van der Waals surface area contributed by atoms with Gasteiger partial charge in [0, 0.05) is 46.3 Å². The molecular formula is C12H25N9. The van der Waals surface area contributed by atoms with Gasteiger partial charge in [0.25, 0.3) is 0 Å². The zero-order valence-corrected chi connectivity index (χ0v) is 13.2. The molecule has 2 rings (SSSR count). The van der Waals surface area contributed by atoms with E-state index in [-0.39, 0.29) is 0 Å². The average Bonchev–Trinajstić information content (AvgIpc) is 2.47. The molecule has 0 spiro atoms. The lowest BCUT2D eigenvalue weighted by Gasteiger charge is -2.37. The number of rotatable bonds is 5. The fourth-order valence-electron chi connectivity index (χ4n) is 2.24. The van der Waals surface area contributed by atoms with Gasteiger partial charge in [-0.3, -0.25) is 10.3 Å². The van der Waals surface area contributed by atoms with Crippen molar-refractivity contribution in [2.24, 2.45) is 5.84 Å². The number of likely N-dealkylation sites (N-methyl/N-ethyl adjacent to an activating group) is 2. The van der Waals surface area contributed by atoms with Crippen LogP contribution < -0.4 is 21.5 Å². The van der Waals surface area contributed by atoms with E-state index in [1.807, 2.05) is 19.0 Å². The Hall–Kier alpha value is -1.71. The van der Waals surface area contributed by atoms with E-state index in [2.05, 4.69) is 49.6 Å². The molecule has 0 aliphatic carbocycles. The molecule has 9 nitrogen and oxygen atoms in total. The third kappa shape index (κ3) is 4.13. The van der Waals surface area contributed by atoms with E-state index in [1.54, 1.807) is 0 Å². The Morgan fingerprint density at radius 2 is 1.90 bits per heavy atom. The first kappa shape index (κ1) is 15.7. The van der Waals surface area contributed by atoms with Crippen molar-refractivity contribution in [1.82, 2.24) is 24.8 Å². The second-order valence-electron chi connectivity index (χ2n) is 5.60. The summed E-state index contributed by atoms with van der Waals surface area (Å²) in [7, 11) is 8.04. The maximum absolute atomic E-state index is 5.40. The van der Waals surface area contributed by atoms with Crippen LogP contribution in [0.4, 0.5) is 17.8 Å². The molecule has 118 valence electrons. The summed E-state index contributed by atoms with van der Waals surface area (Å²) in [5.74, 6) is 6.85. The molecule has 0 radical (unpaired) electrons. The molecule has 4 N–H and O–H groups in total. The normalized spacial score (nSPS) is 20.3. The minimum absolute atomic E-state index is 0.352. The van der Waals surface area contributed by atoms with Gasteiger partial charge in [0.1, 0.15) is 0 Å². The summed E-state index contributed by atoms with van der Waals surface area (Å²) in [6.45, 7) is 3.97. The van der Waals surface area contributed by atoms with Gasteiger partial charge in [-0.15, -0.1) is 0 Å². The summed E-state index contributed by atoms with van der Waals surface area (Å²) in [4.78, 5) is 19.3. The van der Waals surface area contributed by atoms with Gasteiger partial charge in [0.2, 0.25) is 17.8 Å². The maximum Gasteiger partial charge on any atom is 0.243 e. The smallest absolute Gasteiger partial charge is 0.243 e. The summed E-state index contributed by atoms with van der Waals surface area (Å²) in [6.07, 6.45) is 0. The fourth-order valence-corrected chi connectivity index (χ4v) is 2.24. The summed E-state index contributed by atoms with van der Waals surface area (Å²) < 4.78 is 0. The molecule has 0 saturated carbocycles. The van der Waals surface area contributed by atoms with E-state index >= 15 is 0 Å². The van der Waals surface area contributed by atoms with Crippen molar-refractivity contribution in [2.75, 3.05) is 70.0 Å². The van der Waals surface area contributed by atoms with Gasteiger partial charge in [0.15, 0.2) is 0 Å². The molecule has 1 fully saturated rings. The largest absolute Gasteiger partial charge is 0.352 e. The summed E-state index contributed by atoms with van der Waals surface area (Å²) >= 11 is 0. The van der Waals surface area contributed by atoms with Crippen LogP contribution in [0, 0.1) is 0 Å². The van der Waals surface area contributed by atoms with Crippen LogP contribution in [0.3, 0.4) is 0 Å². The molecule has 2 heterocycles. The lowest BCUT2D eigenvalue weighted by Crippen LogP contribution is -2.52. The van der Waals surface area contributed by atoms with Crippen molar-refractivity contribution in [2.45, 2.75) is 6.04 Å². The SMILES string of the molecule is CN1CCN(C)C(CNc2nc(NN)nc(N(C)C)n2)C1. The first-order chi connectivity index (χ1) is 9.99. The Kier molecular flexibility index (Phi) is 5.10.